The summed E-state index contributed by atoms with van der Waals surface area (Å²) in [6.07, 6.45) is 1.11. The van der Waals surface area contributed by atoms with Gasteiger partial charge in [0.25, 0.3) is 0 Å². The topological polar surface area (TPSA) is 35.5 Å². The van der Waals surface area contributed by atoms with Crippen LogP contribution >= 0.6 is 0 Å². The van der Waals surface area contributed by atoms with E-state index in [1.807, 2.05) is 0 Å². The van der Waals surface area contributed by atoms with Crippen LogP contribution < -0.4 is 10.2 Å². The molecule has 0 spiro atoms. The van der Waals surface area contributed by atoms with E-state index in [2.05, 4.69) is 55.3 Å². The molecule has 0 bridgehead atoms. The number of rotatable bonds is 3. The van der Waals surface area contributed by atoms with Gasteiger partial charge in [-0.15, -0.1) is 0 Å². The third kappa shape index (κ3) is 3.10. The SMILES string of the molecule is CC(C)c1ccccc1N1C(C)CCNCC1CO. The molecule has 19 heavy (non-hydrogen) atoms. The monoisotopic (exact) mass is 262 g/mol. The number of para-hydroxylation sites is 1. The molecule has 2 unspecified atom stereocenters. The number of aliphatic hydroxyl groups excluding tert-OH is 1. The van der Waals surface area contributed by atoms with E-state index >= 15 is 0 Å². The Morgan fingerprint density at radius 3 is 2.79 bits per heavy atom. The van der Waals surface area contributed by atoms with Crippen LogP contribution in [0.15, 0.2) is 24.3 Å². The zero-order valence-electron chi connectivity index (χ0n) is 12.3. The van der Waals surface area contributed by atoms with Crippen LogP contribution in [0.2, 0.25) is 0 Å². The molecule has 2 N–H and O–H groups in total. The Hall–Kier alpha value is -1.06. The summed E-state index contributed by atoms with van der Waals surface area (Å²) in [5.74, 6) is 0.499. The maximum Gasteiger partial charge on any atom is 0.0648 e. The lowest BCUT2D eigenvalue weighted by molar-refractivity contribution is 0.255. The second-order valence-electron chi connectivity index (χ2n) is 5.80. The summed E-state index contributed by atoms with van der Waals surface area (Å²) in [5, 5.41) is 13.1. The summed E-state index contributed by atoms with van der Waals surface area (Å²) < 4.78 is 0. The van der Waals surface area contributed by atoms with Gasteiger partial charge in [-0.1, -0.05) is 32.0 Å². The van der Waals surface area contributed by atoms with Crippen LogP contribution in [0, 0.1) is 0 Å². The van der Waals surface area contributed by atoms with Crippen LogP contribution in [0.1, 0.15) is 38.7 Å². The Labute approximate surface area is 116 Å². The van der Waals surface area contributed by atoms with E-state index < -0.39 is 0 Å². The summed E-state index contributed by atoms with van der Waals surface area (Å²) >= 11 is 0. The van der Waals surface area contributed by atoms with E-state index in [4.69, 9.17) is 0 Å². The van der Waals surface area contributed by atoms with Gasteiger partial charge in [-0.3, -0.25) is 0 Å². The van der Waals surface area contributed by atoms with Crippen molar-refractivity contribution >= 4 is 5.69 Å². The van der Waals surface area contributed by atoms with Gasteiger partial charge in [0.05, 0.1) is 12.6 Å². The Morgan fingerprint density at radius 2 is 2.11 bits per heavy atom. The molecule has 0 radical (unpaired) electrons. The molecular formula is C16H26N2O. The summed E-state index contributed by atoms with van der Waals surface area (Å²) in [7, 11) is 0. The van der Waals surface area contributed by atoms with E-state index in [-0.39, 0.29) is 12.6 Å². The number of benzene rings is 1. The van der Waals surface area contributed by atoms with Crippen molar-refractivity contribution in [2.75, 3.05) is 24.6 Å². The summed E-state index contributed by atoms with van der Waals surface area (Å²) in [4.78, 5) is 2.41. The average molecular weight is 262 g/mol. The second kappa shape index (κ2) is 6.40. The van der Waals surface area contributed by atoms with Crippen LogP contribution in [0.5, 0.6) is 0 Å². The largest absolute Gasteiger partial charge is 0.394 e. The quantitative estimate of drug-likeness (QED) is 0.878. The van der Waals surface area contributed by atoms with Crippen LogP contribution in [-0.4, -0.2) is 36.9 Å². The van der Waals surface area contributed by atoms with E-state index in [0.717, 1.165) is 19.5 Å². The highest BCUT2D eigenvalue weighted by Crippen LogP contribution is 2.31. The minimum absolute atomic E-state index is 0.164. The minimum Gasteiger partial charge on any atom is -0.394 e. The lowest BCUT2D eigenvalue weighted by Gasteiger charge is -2.37. The maximum absolute atomic E-state index is 9.71. The molecule has 1 aromatic carbocycles. The summed E-state index contributed by atoms with van der Waals surface area (Å²) in [5.41, 5.74) is 2.66. The van der Waals surface area contributed by atoms with Crippen molar-refractivity contribution in [3.8, 4) is 0 Å². The van der Waals surface area contributed by atoms with Gasteiger partial charge in [0.15, 0.2) is 0 Å². The first-order chi connectivity index (χ1) is 9.15. The summed E-state index contributed by atoms with van der Waals surface area (Å²) in [6, 6.07) is 9.22. The molecule has 1 fully saturated rings. The molecule has 3 nitrogen and oxygen atoms in total. The minimum atomic E-state index is 0.164. The fraction of sp³-hybridized carbons (Fsp3) is 0.625. The Bertz CT molecular complexity index is 405. The summed E-state index contributed by atoms with van der Waals surface area (Å²) in [6.45, 7) is 8.79. The molecule has 2 atom stereocenters. The standard InChI is InChI=1S/C16H26N2O/c1-12(2)15-6-4-5-7-16(15)18-13(3)8-9-17-10-14(18)11-19/h4-7,12-14,17,19H,8-11H2,1-3H3. The van der Waals surface area contributed by atoms with Gasteiger partial charge in [0.1, 0.15) is 0 Å². The number of anilines is 1. The van der Waals surface area contributed by atoms with Crippen molar-refractivity contribution in [1.29, 1.82) is 0 Å². The molecule has 0 amide bonds. The highest BCUT2D eigenvalue weighted by molar-refractivity contribution is 5.56. The predicted octanol–water partition coefficient (Wildman–Crippen LogP) is 2.36. The fourth-order valence-electron chi connectivity index (χ4n) is 2.97. The van der Waals surface area contributed by atoms with Crippen molar-refractivity contribution in [2.45, 2.75) is 45.2 Å². The van der Waals surface area contributed by atoms with Gasteiger partial charge in [-0.05, 0) is 37.4 Å². The lowest BCUT2D eigenvalue weighted by atomic mass is 9.98. The van der Waals surface area contributed by atoms with E-state index in [1.54, 1.807) is 0 Å². The number of hydrogen-bond donors (Lipinski definition) is 2. The van der Waals surface area contributed by atoms with Crippen molar-refractivity contribution in [3.63, 3.8) is 0 Å². The van der Waals surface area contributed by atoms with Crippen molar-refractivity contribution in [3.05, 3.63) is 29.8 Å². The van der Waals surface area contributed by atoms with Gasteiger partial charge >= 0.3 is 0 Å². The first-order valence-corrected chi connectivity index (χ1v) is 7.34. The van der Waals surface area contributed by atoms with Crippen molar-refractivity contribution in [2.24, 2.45) is 0 Å². The zero-order valence-corrected chi connectivity index (χ0v) is 12.3. The first kappa shape index (κ1) is 14.4. The highest BCUT2D eigenvalue weighted by Gasteiger charge is 2.27. The molecule has 0 aliphatic carbocycles. The molecule has 1 aromatic rings. The third-order valence-electron chi connectivity index (χ3n) is 4.03. The van der Waals surface area contributed by atoms with Gasteiger partial charge in [-0.2, -0.15) is 0 Å². The Balaban J connectivity index is 2.40. The average Bonchev–Trinajstić information content (AvgIpc) is 2.60. The predicted molar refractivity (Wildman–Crippen MR) is 80.8 cm³/mol. The van der Waals surface area contributed by atoms with Crippen LogP contribution in [-0.2, 0) is 0 Å². The zero-order chi connectivity index (χ0) is 13.8. The molecule has 3 heteroatoms. The molecule has 2 rings (SSSR count). The smallest absolute Gasteiger partial charge is 0.0648 e. The van der Waals surface area contributed by atoms with Gasteiger partial charge < -0.3 is 15.3 Å². The Kier molecular flexibility index (Phi) is 4.83. The van der Waals surface area contributed by atoms with Crippen LogP contribution in [0.4, 0.5) is 5.69 Å². The maximum atomic E-state index is 9.71. The van der Waals surface area contributed by atoms with E-state index in [1.165, 1.54) is 11.3 Å². The number of nitrogens with zero attached hydrogens (tertiary/aromatic N) is 1. The fourth-order valence-corrected chi connectivity index (χ4v) is 2.97. The van der Waals surface area contributed by atoms with E-state index in [9.17, 15) is 5.11 Å². The third-order valence-corrected chi connectivity index (χ3v) is 4.03. The Morgan fingerprint density at radius 1 is 1.37 bits per heavy atom. The van der Waals surface area contributed by atoms with Gasteiger partial charge in [0.2, 0.25) is 0 Å². The van der Waals surface area contributed by atoms with Crippen LogP contribution in [0.25, 0.3) is 0 Å². The highest BCUT2D eigenvalue weighted by atomic mass is 16.3. The normalized spacial score (nSPS) is 24.6. The molecule has 1 aliphatic heterocycles. The number of hydrogen-bond acceptors (Lipinski definition) is 3. The molecule has 0 aromatic heterocycles. The van der Waals surface area contributed by atoms with Crippen molar-refractivity contribution < 1.29 is 5.11 Å². The second-order valence-corrected chi connectivity index (χ2v) is 5.80. The molecule has 1 aliphatic rings. The lowest BCUT2D eigenvalue weighted by Crippen LogP contribution is -2.46. The number of nitrogens with one attached hydrogen (secondary N) is 1. The van der Waals surface area contributed by atoms with Gasteiger partial charge in [-0.25, -0.2) is 0 Å². The van der Waals surface area contributed by atoms with Crippen LogP contribution in [0.3, 0.4) is 0 Å². The molecule has 106 valence electrons. The molecule has 1 saturated heterocycles. The molecule has 0 saturated carbocycles. The number of aliphatic hydroxyl groups is 1. The van der Waals surface area contributed by atoms with Gasteiger partial charge in [0, 0.05) is 18.3 Å². The molecule has 1 heterocycles. The molecular weight excluding hydrogens is 236 g/mol. The first-order valence-electron chi connectivity index (χ1n) is 7.34. The van der Waals surface area contributed by atoms with E-state index in [0.29, 0.717) is 12.0 Å². The van der Waals surface area contributed by atoms with Crippen molar-refractivity contribution in [1.82, 2.24) is 5.32 Å².